The monoisotopic (exact) mass is 346 g/mol. The van der Waals surface area contributed by atoms with Gasteiger partial charge in [0.05, 0.1) is 6.61 Å². The molecule has 0 heterocycles. The molecule has 0 amide bonds. The van der Waals surface area contributed by atoms with Crippen molar-refractivity contribution in [1.29, 1.82) is 0 Å². The number of hydrogen-bond donors (Lipinski definition) is 0. The summed E-state index contributed by atoms with van der Waals surface area (Å²) in [6.07, 6.45) is 7.78. The van der Waals surface area contributed by atoms with E-state index >= 15 is 0 Å². The molecule has 0 aromatic heterocycles. The second-order valence-corrected chi connectivity index (χ2v) is 7.43. The lowest BCUT2D eigenvalue weighted by Gasteiger charge is -2.27. The first-order valence-electron chi connectivity index (χ1n) is 10.1. The maximum absolute atomic E-state index is 6.01. The van der Waals surface area contributed by atoms with Crippen LogP contribution in [0.3, 0.4) is 0 Å². The molecule has 0 aliphatic heterocycles. The summed E-state index contributed by atoms with van der Waals surface area (Å²) in [7, 11) is 0. The normalized spacial score (nSPS) is 19.5. The predicted molar refractivity (Wildman–Crippen MR) is 109 cm³/mol. The highest BCUT2D eigenvalue weighted by atomic mass is 16.5. The Bertz CT molecular complexity index is 722. The molecule has 26 heavy (non-hydrogen) atoms. The quantitative estimate of drug-likeness (QED) is 0.582. The first-order chi connectivity index (χ1) is 12.8. The Morgan fingerprint density at radius 3 is 1.85 bits per heavy atom. The average Bonchev–Trinajstić information content (AvgIpc) is 2.72. The van der Waals surface area contributed by atoms with Crippen molar-refractivity contribution in [2.24, 2.45) is 11.8 Å². The summed E-state index contributed by atoms with van der Waals surface area (Å²) in [6, 6.07) is 16.7. The minimum Gasteiger partial charge on any atom is -0.493 e. The third-order valence-corrected chi connectivity index (χ3v) is 5.60. The molecule has 3 rings (SSSR count). The lowest BCUT2D eigenvalue weighted by molar-refractivity contribution is 0.181. The van der Waals surface area contributed by atoms with Crippen molar-refractivity contribution in [3.63, 3.8) is 0 Å². The minimum atomic E-state index is 0.725. The Balaban J connectivity index is 1.50. The van der Waals surface area contributed by atoms with Gasteiger partial charge in [0, 0.05) is 11.1 Å². The average molecular weight is 347 g/mol. The topological polar surface area (TPSA) is 9.23 Å². The molecule has 1 nitrogen and oxygen atoms in total. The van der Waals surface area contributed by atoms with Crippen molar-refractivity contribution in [3.8, 4) is 17.6 Å². The Morgan fingerprint density at radius 1 is 0.769 bits per heavy atom. The van der Waals surface area contributed by atoms with Gasteiger partial charge in [-0.1, -0.05) is 57.1 Å². The molecule has 1 aliphatic carbocycles. The Hall–Kier alpha value is -2.20. The fraction of sp³-hybridized carbons (Fsp3) is 0.440. The number of benzene rings is 2. The van der Waals surface area contributed by atoms with Gasteiger partial charge in [0.2, 0.25) is 0 Å². The predicted octanol–water partition coefficient (Wildman–Crippen LogP) is 6.24. The van der Waals surface area contributed by atoms with Gasteiger partial charge in [-0.05, 0) is 73.1 Å². The van der Waals surface area contributed by atoms with Gasteiger partial charge in [0.25, 0.3) is 0 Å². The molecule has 0 saturated heterocycles. The smallest absolute Gasteiger partial charge is 0.119 e. The van der Waals surface area contributed by atoms with Gasteiger partial charge < -0.3 is 4.74 Å². The van der Waals surface area contributed by atoms with E-state index in [9.17, 15) is 0 Å². The van der Waals surface area contributed by atoms with Crippen LogP contribution in [0, 0.1) is 23.7 Å². The van der Waals surface area contributed by atoms with Crippen LogP contribution in [0.25, 0.3) is 0 Å². The lowest BCUT2D eigenvalue weighted by atomic mass is 9.81. The molecular weight excluding hydrogens is 316 g/mol. The molecule has 1 heteroatoms. The van der Waals surface area contributed by atoms with Crippen LogP contribution < -0.4 is 4.74 Å². The molecule has 2 aromatic carbocycles. The zero-order chi connectivity index (χ0) is 18.2. The molecule has 1 aliphatic rings. The highest BCUT2D eigenvalue weighted by Gasteiger charge is 2.20. The van der Waals surface area contributed by atoms with Crippen LogP contribution in [0.5, 0.6) is 5.75 Å². The maximum Gasteiger partial charge on any atom is 0.119 e. The van der Waals surface area contributed by atoms with Crippen LogP contribution >= 0.6 is 0 Å². The summed E-state index contributed by atoms with van der Waals surface area (Å²) in [5.41, 5.74) is 3.44. The molecular formula is C25H30O. The Labute approximate surface area is 158 Å². The van der Waals surface area contributed by atoms with Crippen LogP contribution in [-0.4, -0.2) is 6.61 Å². The first kappa shape index (κ1) is 18.6. The molecule has 0 unspecified atom stereocenters. The van der Waals surface area contributed by atoms with E-state index in [1.54, 1.807) is 0 Å². The zero-order valence-corrected chi connectivity index (χ0v) is 16.1. The second-order valence-electron chi connectivity index (χ2n) is 7.43. The maximum atomic E-state index is 6.01. The lowest BCUT2D eigenvalue weighted by Crippen LogP contribution is -2.19. The van der Waals surface area contributed by atoms with Gasteiger partial charge in [-0.2, -0.15) is 0 Å². The van der Waals surface area contributed by atoms with E-state index in [0.717, 1.165) is 41.7 Å². The van der Waals surface area contributed by atoms with Gasteiger partial charge in [-0.25, -0.2) is 0 Å². The molecule has 0 bridgehead atoms. The standard InChI is InChI=1S/C25H30O/c1-3-20-5-9-22(10-6-20)11-12-23-15-17-25(18-16-23)26-19-24-13-7-21(4-2)8-14-24/h5-6,9-10,15-18,21,24H,3-4,7-8,13-14,19H2,1-2H3. The molecule has 136 valence electrons. The third-order valence-electron chi connectivity index (χ3n) is 5.60. The van der Waals surface area contributed by atoms with Crippen molar-refractivity contribution < 1.29 is 4.74 Å². The van der Waals surface area contributed by atoms with Crippen LogP contribution in [0.2, 0.25) is 0 Å². The van der Waals surface area contributed by atoms with Crippen molar-refractivity contribution in [3.05, 3.63) is 65.2 Å². The molecule has 1 fully saturated rings. The van der Waals surface area contributed by atoms with Crippen LogP contribution in [0.1, 0.15) is 62.6 Å². The summed E-state index contributed by atoms with van der Waals surface area (Å²) >= 11 is 0. The summed E-state index contributed by atoms with van der Waals surface area (Å²) in [5, 5.41) is 0. The second kappa shape index (κ2) is 9.48. The summed E-state index contributed by atoms with van der Waals surface area (Å²) in [5.74, 6) is 9.10. The van der Waals surface area contributed by atoms with Crippen molar-refractivity contribution in [2.75, 3.05) is 6.61 Å². The molecule has 0 N–H and O–H groups in total. The van der Waals surface area contributed by atoms with Gasteiger partial charge in [-0.3, -0.25) is 0 Å². The SMILES string of the molecule is CCc1ccc(C#Cc2ccc(OCC3CCC(CC)CC3)cc2)cc1. The highest BCUT2D eigenvalue weighted by molar-refractivity contribution is 5.44. The van der Waals surface area contributed by atoms with Crippen molar-refractivity contribution >= 4 is 0 Å². The summed E-state index contributed by atoms with van der Waals surface area (Å²) in [4.78, 5) is 0. The van der Waals surface area contributed by atoms with Gasteiger partial charge in [0.15, 0.2) is 0 Å². The van der Waals surface area contributed by atoms with E-state index in [2.05, 4.69) is 62.1 Å². The summed E-state index contributed by atoms with van der Waals surface area (Å²) < 4.78 is 6.01. The summed E-state index contributed by atoms with van der Waals surface area (Å²) in [6.45, 7) is 5.33. The van der Waals surface area contributed by atoms with E-state index in [-0.39, 0.29) is 0 Å². The number of hydrogen-bond acceptors (Lipinski definition) is 1. The van der Waals surface area contributed by atoms with Gasteiger partial charge >= 0.3 is 0 Å². The van der Waals surface area contributed by atoms with Crippen molar-refractivity contribution in [2.45, 2.75) is 52.4 Å². The third kappa shape index (κ3) is 5.40. The highest BCUT2D eigenvalue weighted by Crippen LogP contribution is 2.31. The molecule has 0 radical (unpaired) electrons. The van der Waals surface area contributed by atoms with E-state index in [1.165, 1.54) is 37.7 Å². The van der Waals surface area contributed by atoms with E-state index in [0.29, 0.717) is 0 Å². The number of ether oxygens (including phenoxy) is 1. The molecule has 0 atom stereocenters. The largest absolute Gasteiger partial charge is 0.493 e. The van der Waals surface area contributed by atoms with Crippen molar-refractivity contribution in [1.82, 2.24) is 0 Å². The van der Waals surface area contributed by atoms with E-state index < -0.39 is 0 Å². The number of rotatable bonds is 5. The fourth-order valence-corrected chi connectivity index (χ4v) is 3.62. The molecule has 2 aromatic rings. The molecule has 1 saturated carbocycles. The Morgan fingerprint density at radius 2 is 1.31 bits per heavy atom. The van der Waals surface area contributed by atoms with Gasteiger partial charge in [-0.15, -0.1) is 0 Å². The van der Waals surface area contributed by atoms with Crippen LogP contribution in [0.15, 0.2) is 48.5 Å². The molecule has 0 spiro atoms. The Kier molecular flexibility index (Phi) is 6.78. The zero-order valence-electron chi connectivity index (χ0n) is 16.1. The van der Waals surface area contributed by atoms with Crippen LogP contribution in [-0.2, 0) is 6.42 Å². The van der Waals surface area contributed by atoms with E-state index in [4.69, 9.17) is 4.74 Å². The fourth-order valence-electron chi connectivity index (χ4n) is 3.62. The van der Waals surface area contributed by atoms with Gasteiger partial charge in [0.1, 0.15) is 5.75 Å². The van der Waals surface area contributed by atoms with Crippen LogP contribution in [0.4, 0.5) is 0 Å². The minimum absolute atomic E-state index is 0.725. The number of aryl methyl sites for hydroxylation is 1. The first-order valence-corrected chi connectivity index (χ1v) is 10.1. The van der Waals surface area contributed by atoms with E-state index in [1.807, 2.05) is 12.1 Å².